The molecule has 9 heteroatoms. The Morgan fingerprint density at radius 1 is 1.26 bits per heavy atom. The molecule has 0 aliphatic rings. The number of nitrogens with one attached hydrogen (secondary N) is 1. The number of aromatic nitrogens is 2. The van der Waals surface area contributed by atoms with Crippen molar-refractivity contribution in [2.75, 3.05) is 0 Å². The first-order valence-corrected chi connectivity index (χ1v) is 6.63. The first-order valence-electron chi connectivity index (χ1n) is 6.63. The van der Waals surface area contributed by atoms with Crippen LogP contribution in [-0.2, 0) is 4.79 Å². The minimum absolute atomic E-state index is 0.0397. The van der Waals surface area contributed by atoms with Crippen LogP contribution in [0.15, 0.2) is 36.5 Å². The summed E-state index contributed by atoms with van der Waals surface area (Å²) in [5.74, 6) is -1.21. The van der Waals surface area contributed by atoms with E-state index >= 15 is 0 Å². The maximum absolute atomic E-state index is 12.1. The maximum Gasteiger partial charge on any atom is 0.272 e. The van der Waals surface area contributed by atoms with Crippen LogP contribution in [0.25, 0.3) is 5.69 Å². The van der Waals surface area contributed by atoms with Crippen molar-refractivity contribution in [2.24, 2.45) is 5.73 Å². The van der Waals surface area contributed by atoms with E-state index in [4.69, 9.17) is 5.73 Å². The van der Waals surface area contributed by atoms with E-state index in [0.29, 0.717) is 5.69 Å². The molecule has 0 bridgehead atoms. The highest BCUT2D eigenvalue weighted by atomic mass is 16.6. The van der Waals surface area contributed by atoms with Gasteiger partial charge in [0.25, 0.3) is 11.6 Å². The number of hydrogen-bond acceptors (Lipinski definition) is 5. The monoisotopic (exact) mass is 317 g/mol. The Morgan fingerprint density at radius 2 is 1.87 bits per heavy atom. The van der Waals surface area contributed by atoms with Crippen LogP contribution in [0.4, 0.5) is 5.69 Å². The molecule has 0 radical (unpaired) electrons. The number of nitrogens with zero attached hydrogens (tertiary/aromatic N) is 3. The quantitative estimate of drug-likeness (QED) is 0.620. The van der Waals surface area contributed by atoms with Crippen LogP contribution >= 0.6 is 0 Å². The molecular weight excluding hydrogens is 302 g/mol. The van der Waals surface area contributed by atoms with Crippen molar-refractivity contribution < 1.29 is 14.5 Å². The highest BCUT2D eigenvalue weighted by Crippen LogP contribution is 2.15. The Balaban J connectivity index is 2.18. The summed E-state index contributed by atoms with van der Waals surface area (Å²) in [7, 11) is 0. The summed E-state index contributed by atoms with van der Waals surface area (Å²) in [4.78, 5) is 33.4. The van der Waals surface area contributed by atoms with Gasteiger partial charge in [-0.3, -0.25) is 19.7 Å². The third kappa shape index (κ3) is 3.51. The largest absolute Gasteiger partial charge is 0.368 e. The molecule has 0 fully saturated rings. The van der Waals surface area contributed by atoms with Crippen molar-refractivity contribution in [1.82, 2.24) is 15.1 Å². The Hall–Kier alpha value is -3.23. The van der Waals surface area contributed by atoms with Crippen molar-refractivity contribution in [3.8, 4) is 5.69 Å². The average molecular weight is 317 g/mol. The van der Waals surface area contributed by atoms with E-state index < -0.39 is 22.3 Å². The van der Waals surface area contributed by atoms with E-state index in [-0.39, 0.29) is 11.4 Å². The normalized spacial score (nSPS) is 11.0. The molecule has 2 amide bonds. The number of benzene rings is 1. The Labute approximate surface area is 131 Å². The lowest BCUT2D eigenvalue weighted by Crippen LogP contribution is -2.53. The number of carbonyl (C=O) groups excluding carboxylic acids is 2. The van der Waals surface area contributed by atoms with Crippen molar-refractivity contribution in [3.63, 3.8) is 0 Å². The van der Waals surface area contributed by atoms with Gasteiger partial charge in [0.2, 0.25) is 5.91 Å². The molecule has 0 saturated carbocycles. The summed E-state index contributed by atoms with van der Waals surface area (Å²) in [6.07, 6.45) is 1.54. The van der Waals surface area contributed by atoms with Gasteiger partial charge in [0.1, 0.15) is 5.54 Å². The number of carbonyl (C=O) groups is 2. The Morgan fingerprint density at radius 3 is 2.39 bits per heavy atom. The first kappa shape index (κ1) is 16.1. The SMILES string of the molecule is CC(C)(NC(=O)c1ccn(-c2ccc([N+](=O)[O-])cc2)n1)C(N)=O. The minimum Gasteiger partial charge on any atom is -0.368 e. The molecule has 9 nitrogen and oxygen atoms in total. The predicted molar refractivity (Wildman–Crippen MR) is 81.0 cm³/mol. The highest BCUT2D eigenvalue weighted by molar-refractivity contribution is 5.97. The van der Waals surface area contributed by atoms with Gasteiger partial charge in [0, 0.05) is 18.3 Å². The van der Waals surface area contributed by atoms with Gasteiger partial charge in [-0.1, -0.05) is 0 Å². The molecule has 2 aromatic rings. The average Bonchev–Trinajstić information content (AvgIpc) is 2.96. The molecule has 1 aromatic carbocycles. The number of nitrogens with two attached hydrogens (primary N) is 1. The molecule has 0 aliphatic carbocycles. The van der Waals surface area contributed by atoms with Gasteiger partial charge >= 0.3 is 0 Å². The third-order valence-corrected chi connectivity index (χ3v) is 3.19. The van der Waals surface area contributed by atoms with E-state index in [1.165, 1.54) is 55.1 Å². The van der Waals surface area contributed by atoms with E-state index in [0.717, 1.165) is 0 Å². The van der Waals surface area contributed by atoms with Crippen molar-refractivity contribution in [3.05, 3.63) is 52.3 Å². The fourth-order valence-corrected chi connectivity index (χ4v) is 1.73. The van der Waals surface area contributed by atoms with Gasteiger partial charge in [-0.2, -0.15) is 5.10 Å². The zero-order chi connectivity index (χ0) is 17.2. The van der Waals surface area contributed by atoms with Gasteiger partial charge in [0.15, 0.2) is 5.69 Å². The number of primary amides is 1. The van der Waals surface area contributed by atoms with E-state index in [1.807, 2.05) is 0 Å². The van der Waals surface area contributed by atoms with E-state index in [2.05, 4.69) is 10.4 Å². The fraction of sp³-hybridized carbons (Fsp3) is 0.214. The zero-order valence-electron chi connectivity index (χ0n) is 12.5. The Kier molecular flexibility index (Phi) is 4.12. The molecule has 1 heterocycles. The second kappa shape index (κ2) is 5.87. The van der Waals surface area contributed by atoms with E-state index in [9.17, 15) is 19.7 Å². The molecule has 23 heavy (non-hydrogen) atoms. The standard InChI is InChI=1S/C14H15N5O4/c1-14(2,13(15)21)16-12(20)11-7-8-18(17-11)9-3-5-10(6-4-9)19(22)23/h3-8H,1-2H3,(H2,15,21)(H,16,20). The molecule has 3 N–H and O–H groups in total. The first-order chi connectivity index (χ1) is 10.7. The van der Waals surface area contributed by atoms with Crippen LogP contribution in [-0.4, -0.2) is 32.1 Å². The summed E-state index contributed by atoms with van der Waals surface area (Å²) < 4.78 is 1.40. The maximum atomic E-state index is 12.1. The zero-order valence-corrected chi connectivity index (χ0v) is 12.5. The van der Waals surface area contributed by atoms with Crippen LogP contribution in [0.1, 0.15) is 24.3 Å². The summed E-state index contributed by atoms with van der Waals surface area (Å²) in [6, 6.07) is 7.17. The molecule has 0 spiro atoms. The smallest absolute Gasteiger partial charge is 0.272 e. The number of amides is 2. The lowest BCUT2D eigenvalue weighted by molar-refractivity contribution is -0.384. The summed E-state index contributed by atoms with van der Waals surface area (Å²) >= 11 is 0. The molecule has 0 unspecified atom stereocenters. The number of rotatable bonds is 5. The fourth-order valence-electron chi connectivity index (χ4n) is 1.73. The topological polar surface area (TPSA) is 133 Å². The van der Waals surface area contributed by atoms with Crippen molar-refractivity contribution in [2.45, 2.75) is 19.4 Å². The number of hydrogen-bond donors (Lipinski definition) is 2. The van der Waals surface area contributed by atoms with Crippen LogP contribution in [0.2, 0.25) is 0 Å². The lowest BCUT2D eigenvalue weighted by atomic mass is 10.1. The molecule has 120 valence electrons. The second-order valence-corrected chi connectivity index (χ2v) is 5.36. The van der Waals surface area contributed by atoms with Crippen LogP contribution < -0.4 is 11.1 Å². The van der Waals surface area contributed by atoms with Crippen LogP contribution in [0, 0.1) is 10.1 Å². The van der Waals surface area contributed by atoms with Gasteiger partial charge in [-0.25, -0.2) is 4.68 Å². The van der Waals surface area contributed by atoms with Crippen LogP contribution in [0.3, 0.4) is 0 Å². The number of nitro groups is 1. The van der Waals surface area contributed by atoms with Crippen LogP contribution in [0.5, 0.6) is 0 Å². The van der Waals surface area contributed by atoms with E-state index in [1.54, 1.807) is 0 Å². The lowest BCUT2D eigenvalue weighted by Gasteiger charge is -2.21. The molecule has 0 aliphatic heterocycles. The molecule has 1 aromatic heterocycles. The second-order valence-electron chi connectivity index (χ2n) is 5.36. The van der Waals surface area contributed by atoms with Gasteiger partial charge in [0.05, 0.1) is 10.6 Å². The van der Waals surface area contributed by atoms with Crippen molar-refractivity contribution >= 4 is 17.5 Å². The van der Waals surface area contributed by atoms with Crippen molar-refractivity contribution in [1.29, 1.82) is 0 Å². The number of non-ortho nitro benzene ring substituents is 1. The summed E-state index contributed by atoms with van der Waals surface area (Å²) in [5, 5.41) is 17.2. The van der Waals surface area contributed by atoms with Gasteiger partial charge < -0.3 is 11.1 Å². The summed E-state index contributed by atoms with van der Waals surface area (Å²) in [5.41, 5.74) is 4.61. The predicted octanol–water partition coefficient (Wildman–Crippen LogP) is 0.774. The van der Waals surface area contributed by atoms with Gasteiger partial charge in [-0.05, 0) is 32.0 Å². The summed E-state index contributed by atoms with van der Waals surface area (Å²) in [6.45, 7) is 2.97. The van der Waals surface area contributed by atoms with Gasteiger partial charge in [-0.15, -0.1) is 0 Å². The minimum atomic E-state index is -1.20. The molecular formula is C14H15N5O4. The highest BCUT2D eigenvalue weighted by Gasteiger charge is 2.28. The molecule has 0 saturated heterocycles. The third-order valence-electron chi connectivity index (χ3n) is 3.19. The molecule has 2 rings (SSSR count). The molecule has 0 atom stereocenters. The Bertz CT molecular complexity index is 764. The number of nitro benzene ring substituents is 1.